The minimum absolute atomic E-state index is 0.0278. The predicted octanol–water partition coefficient (Wildman–Crippen LogP) is 1.04. The first-order valence-electron chi connectivity index (χ1n) is 5.38. The molecule has 0 aromatic heterocycles. The van der Waals surface area contributed by atoms with Gasteiger partial charge in [-0.15, -0.1) is 0 Å². The molecule has 0 saturated heterocycles. The van der Waals surface area contributed by atoms with E-state index in [9.17, 15) is 0 Å². The summed E-state index contributed by atoms with van der Waals surface area (Å²) >= 11 is 0. The second-order valence-electron chi connectivity index (χ2n) is 3.65. The number of nitrogens with two attached hydrogens (primary N) is 1. The molecular weight excluding hydrogens is 218 g/mol. The minimum Gasteiger partial charge on any atom is -0.384 e. The summed E-state index contributed by atoms with van der Waals surface area (Å²) in [4.78, 5) is 0. The molecule has 4 N–H and O–H groups in total. The fourth-order valence-corrected chi connectivity index (χ4v) is 1.49. The molecule has 0 aliphatic carbocycles. The Bertz CT molecular complexity index is 369. The van der Waals surface area contributed by atoms with Crippen LogP contribution in [0.3, 0.4) is 0 Å². The average molecular weight is 237 g/mol. The fourth-order valence-electron chi connectivity index (χ4n) is 1.49. The number of nitrogen functional groups attached to an aromatic ring is 1. The zero-order valence-corrected chi connectivity index (χ0v) is 10.2. The van der Waals surface area contributed by atoms with Crippen molar-refractivity contribution in [1.29, 1.82) is 5.41 Å². The highest BCUT2D eigenvalue weighted by Crippen LogP contribution is 2.14. The van der Waals surface area contributed by atoms with Crippen molar-refractivity contribution >= 4 is 11.5 Å². The smallest absolute Gasteiger partial charge is 0.124 e. The van der Waals surface area contributed by atoms with Crippen LogP contribution in [0.2, 0.25) is 0 Å². The fraction of sp³-hybridized carbons (Fsp3) is 0.417. The van der Waals surface area contributed by atoms with Gasteiger partial charge in [-0.25, -0.2) is 0 Å². The molecule has 5 nitrogen and oxygen atoms in total. The van der Waals surface area contributed by atoms with Crippen LogP contribution < -0.4 is 11.1 Å². The van der Waals surface area contributed by atoms with E-state index in [4.69, 9.17) is 20.6 Å². The van der Waals surface area contributed by atoms with Gasteiger partial charge in [0.05, 0.1) is 12.7 Å². The Kier molecular flexibility index (Phi) is 5.45. The molecule has 17 heavy (non-hydrogen) atoms. The van der Waals surface area contributed by atoms with Gasteiger partial charge in [-0.05, 0) is 12.1 Å². The topological polar surface area (TPSA) is 80.4 Å². The van der Waals surface area contributed by atoms with Crippen LogP contribution in [0.4, 0.5) is 5.69 Å². The van der Waals surface area contributed by atoms with Gasteiger partial charge in [0, 0.05) is 32.0 Å². The Labute approximate surface area is 101 Å². The van der Waals surface area contributed by atoms with Gasteiger partial charge in [0.2, 0.25) is 0 Å². The number of anilines is 1. The van der Waals surface area contributed by atoms with E-state index >= 15 is 0 Å². The monoisotopic (exact) mass is 237 g/mol. The number of para-hydroxylation sites is 1. The van der Waals surface area contributed by atoms with Crippen LogP contribution in [0.15, 0.2) is 24.3 Å². The molecule has 5 heteroatoms. The molecule has 0 aliphatic heterocycles. The Morgan fingerprint density at radius 2 is 2.12 bits per heavy atom. The Hall–Kier alpha value is -1.59. The number of rotatable bonds is 7. The summed E-state index contributed by atoms with van der Waals surface area (Å²) in [5.41, 5.74) is 7.03. The molecule has 0 amide bonds. The maximum absolute atomic E-state index is 7.47. The highest BCUT2D eigenvalue weighted by atomic mass is 16.5. The zero-order chi connectivity index (χ0) is 12.7. The van der Waals surface area contributed by atoms with E-state index in [1.807, 2.05) is 24.3 Å². The first kappa shape index (κ1) is 13.5. The van der Waals surface area contributed by atoms with Crippen molar-refractivity contribution in [3.05, 3.63) is 29.8 Å². The van der Waals surface area contributed by atoms with Crippen LogP contribution in [0.1, 0.15) is 5.56 Å². The molecule has 0 heterocycles. The van der Waals surface area contributed by atoms with E-state index in [1.54, 1.807) is 14.2 Å². The average Bonchev–Trinajstić information content (AvgIpc) is 2.34. The standard InChI is InChI=1S/C12H19N3O2/c1-16-8-9(17-2)7-15-11-6-4-3-5-10(11)12(13)14/h3-6,9,15H,7-8H2,1-2H3,(H3,13,14). The highest BCUT2D eigenvalue weighted by molar-refractivity contribution is 6.00. The van der Waals surface area contributed by atoms with E-state index in [2.05, 4.69) is 5.32 Å². The molecule has 1 aromatic rings. The van der Waals surface area contributed by atoms with Crippen molar-refractivity contribution in [3.63, 3.8) is 0 Å². The van der Waals surface area contributed by atoms with Gasteiger partial charge in [-0.2, -0.15) is 0 Å². The molecule has 1 unspecified atom stereocenters. The summed E-state index contributed by atoms with van der Waals surface area (Å²) in [5.74, 6) is 0.0498. The molecule has 0 aliphatic rings. The van der Waals surface area contributed by atoms with Crippen molar-refractivity contribution in [2.24, 2.45) is 5.73 Å². The van der Waals surface area contributed by atoms with Crippen LogP contribution >= 0.6 is 0 Å². The van der Waals surface area contributed by atoms with Gasteiger partial charge in [-0.1, -0.05) is 12.1 Å². The summed E-state index contributed by atoms with van der Waals surface area (Å²) in [5, 5.41) is 10.7. The summed E-state index contributed by atoms with van der Waals surface area (Å²) in [6.07, 6.45) is -0.0278. The molecule has 0 radical (unpaired) electrons. The van der Waals surface area contributed by atoms with Crippen molar-refractivity contribution in [3.8, 4) is 0 Å². The van der Waals surface area contributed by atoms with Gasteiger partial charge in [0.15, 0.2) is 0 Å². The van der Waals surface area contributed by atoms with Crippen molar-refractivity contribution in [2.45, 2.75) is 6.10 Å². The third-order valence-corrected chi connectivity index (χ3v) is 2.42. The highest BCUT2D eigenvalue weighted by Gasteiger charge is 2.09. The van der Waals surface area contributed by atoms with Crippen LogP contribution in [0.5, 0.6) is 0 Å². The maximum Gasteiger partial charge on any atom is 0.124 e. The maximum atomic E-state index is 7.47. The molecule has 0 saturated carbocycles. The summed E-state index contributed by atoms with van der Waals surface area (Å²) in [6, 6.07) is 7.44. The van der Waals surface area contributed by atoms with E-state index < -0.39 is 0 Å². The SMILES string of the molecule is COCC(CNc1ccccc1C(=N)N)OC. The van der Waals surface area contributed by atoms with E-state index in [0.717, 1.165) is 5.69 Å². The first-order valence-corrected chi connectivity index (χ1v) is 5.38. The Balaban J connectivity index is 2.65. The van der Waals surface area contributed by atoms with Gasteiger partial charge in [-0.3, -0.25) is 5.41 Å². The predicted molar refractivity (Wildman–Crippen MR) is 68.6 cm³/mol. The summed E-state index contributed by atoms with van der Waals surface area (Å²) in [7, 11) is 3.28. The third kappa shape index (κ3) is 4.05. The second-order valence-corrected chi connectivity index (χ2v) is 3.65. The van der Waals surface area contributed by atoms with Gasteiger partial charge in [0.1, 0.15) is 5.84 Å². The lowest BCUT2D eigenvalue weighted by atomic mass is 10.1. The summed E-state index contributed by atoms with van der Waals surface area (Å²) < 4.78 is 10.3. The first-order chi connectivity index (χ1) is 8.19. The molecule has 0 bridgehead atoms. The van der Waals surface area contributed by atoms with Gasteiger partial charge >= 0.3 is 0 Å². The molecule has 1 rings (SSSR count). The largest absolute Gasteiger partial charge is 0.384 e. The van der Waals surface area contributed by atoms with Crippen molar-refractivity contribution in [1.82, 2.24) is 0 Å². The molecule has 94 valence electrons. The molecule has 1 aromatic carbocycles. The van der Waals surface area contributed by atoms with E-state index in [1.165, 1.54) is 0 Å². The number of benzene rings is 1. The summed E-state index contributed by atoms with van der Waals surface area (Å²) in [6.45, 7) is 1.13. The van der Waals surface area contributed by atoms with Gasteiger partial charge < -0.3 is 20.5 Å². The Morgan fingerprint density at radius 3 is 2.71 bits per heavy atom. The van der Waals surface area contributed by atoms with E-state index in [-0.39, 0.29) is 11.9 Å². The molecule has 1 atom stereocenters. The lowest BCUT2D eigenvalue weighted by molar-refractivity contribution is 0.0365. The molecular formula is C12H19N3O2. The number of methoxy groups -OCH3 is 2. The third-order valence-electron chi connectivity index (χ3n) is 2.42. The zero-order valence-electron chi connectivity index (χ0n) is 10.2. The van der Waals surface area contributed by atoms with Crippen LogP contribution in [0, 0.1) is 5.41 Å². The lowest BCUT2D eigenvalue weighted by Gasteiger charge is -2.17. The minimum atomic E-state index is -0.0278. The molecule has 0 fully saturated rings. The number of hydrogen-bond donors (Lipinski definition) is 3. The van der Waals surface area contributed by atoms with E-state index in [0.29, 0.717) is 18.7 Å². The quantitative estimate of drug-likeness (QED) is 0.489. The van der Waals surface area contributed by atoms with Crippen LogP contribution in [-0.4, -0.2) is 39.3 Å². The number of nitrogens with one attached hydrogen (secondary N) is 2. The van der Waals surface area contributed by atoms with Crippen molar-refractivity contribution in [2.75, 3.05) is 32.7 Å². The second kappa shape index (κ2) is 6.88. The van der Waals surface area contributed by atoms with Crippen LogP contribution in [-0.2, 0) is 9.47 Å². The normalized spacial score (nSPS) is 12.1. The van der Waals surface area contributed by atoms with Gasteiger partial charge in [0.25, 0.3) is 0 Å². The van der Waals surface area contributed by atoms with Crippen molar-refractivity contribution < 1.29 is 9.47 Å². The number of amidine groups is 1. The number of hydrogen-bond acceptors (Lipinski definition) is 4. The molecule has 0 spiro atoms. The number of ether oxygens (including phenoxy) is 2. The lowest BCUT2D eigenvalue weighted by Crippen LogP contribution is -2.27. The Morgan fingerprint density at radius 1 is 1.41 bits per heavy atom. The van der Waals surface area contributed by atoms with Crippen LogP contribution in [0.25, 0.3) is 0 Å².